The van der Waals surface area contributed by atoms with E-state index in [1.807, 2.05) is 6.92 Å². The molecule has 2 bridgehead atoms. The van der Waals surface area contributed by atoms with Crippen molar-refractivity contribution in [2.45, 2.75) is 56.8 Å². The van der Waals surface area contributed by atoms with Crippen molar-refractivity contribution >= 4 is 35.1 Å². The molecule has 174 valence electrons. The molecule has 32 heavy (non-hydrogen) atoms. The lowest BCUT2D eigenvalue weighted by atomic mass is 9.66. The van der Waals surface area contributed by atoms with Crippen molar-refractivity contribution in [2.24, 2.45) is 11.8 Å². The van der Waals surface area contributed by atoms with Crippen LogP contribution < -0.4 is 5.32 Å². The van der Waals surface area contributed by atoms with Crippen molar-refractivity contribution in [1.82, 2.24) is 4.90 Å². The summed E-state index contributed by atoms with van der Waals surface area (Å²) < 4.78 is 11.8. The lowest BCUT2D eigenvalue weighted by Crippen LogP contribution is -2.53. The normalized spacial score (nSPS) is 32.8. The second kappa shape index (κ2) is 8.65. The molecule has 3 heterocycles. The summed E-state index contributed by atoms with van der Waals surface area (Å²) in [5, 5.41) is 12.6. The Bertz CT molecular complexity index is 908. The van der Waals surface area contributed by atoms with Gasteiger partial charge in [0.25, 0.3) is 0 Å². The van der Waals surface area contributed by atoms with Gasteiger partial charge in [-0.15, -0.1) is 0 Å². The Morgan fingerprint density at radius 2 is 2.00 bits per heavy atom. The molecule has 2 unspecified atom stereocenters. The lowest BCUT2D eigenvalue weighted by molar-refractivity contribution is -0.158. The molecule has 3 fully saturated rings. The Hall–Kier alpha value is -2.16. The molecule has 3 saturated heterocycles. The number of halogens is 1. The number of nitrogens with zero attached hydrogens (tertiary/aromatic N) is 1. The third kappa shape index (κ3) is 3.58. The first-order valence-corrected chi connectivity index (χ1v) is 11.5. The molecule has 0 saturated carbocycles. The number of hydrogen-bond acceptors (Lipinski definition) is 6. The van der Waals surface area contributed by atoms with E-state index in [-0.39, 0.29) is 25.0 Å². The summed E-state index contributed by atoms with van der Waals surface area (Å²) in [6, 6.07) is 5.85. The van der Waals surface area contributed by atoms with Crippen LogP contribution in [0.15, 0.2) is 24.3 Å². The van der Waals surface area contributed by atoms with E-state index in [9.17, 15) is 19.5 Å². The van der Waals surface area contributed by atoms with Crippen molar-refractivity contribution in [2.75, 3.05) is 25.1 Å². The van der Waals surface area contributed by atoms with Gasteiger partial charge in [0.1, 0.15) is 17.6 Å². The van der Waals surface area contributed by atoms with Crippen molar-refractivity contribution in [3.05, 3.63) is 29.3 Å². The summed E-state index contributed by atoms with van der Waals surface area (Å²) in [6.07, 6.45) is 2.12. The van der Waals surface area contributed by atoms with E-state index in [0.29, 0.717) is 42.9 Å². The second-order valence-corrected chi connectivity index (χ2v) is 9.37. The number of nitrogens with one attached hydrogen (secondary N) is 1. The predicted molar refractivity (Wildman–Crippen MR) is 117 cm³/mol. The van der Waals surface area contributed by atoms with Gasteiger partial charge in [-0.05, 0) is 63.8 Å². The Kier molecular flexibility index (Phi) is 6.22. The quantitative estimate of drug-likeness (QED) is 0.452. The maximum absolute atomic E-state index is 13.6. The molecule has 0 radical (unpaired) electrons. The average Bonchev–Trinajstić information content (AvgIpc) is 3.31. The molecule has 2 amide bonds. The van der Waals surface area contributed by atoms with Gasteiger partial charge in [-0.3, -0.25) is 14.4 Å². The number of anilines is 1. The summed E-state index contributed by atoms with van der Waals surface area (Å²) in [7, 11) is 0. The minimum absolute atomic E-state index is 0.00172. The Balaban J connectivity index is 1.69. The van der Waals surface area contributed by atoms with Crippen molar-refractivity contribution < 1.29 is 29.0 Å². The molecule has 1 aromatic rings. The fourth-order valence-corrected chi connectivity index (χ4v) is 5.82. The van der Waals surface area contributed by atoms with Crippen LogP contribution >= 0.6 is 11.6 Å². The molecule has 0 aromatic heterocycles. The molecular weight excluding hydrogens is 436 g/mol. The number of aliphatic hydroxyl groups is 1. The first-order valence-electron chi connectivity index (χ1n) is 11.1. The molecular formula is C23H29ClN2O6. The smallest absolute Gasteiger partial charge is 0.312 e. The third-order valence-electron chi connectivity index (χ3n) is 6.98. The van der Waals surface area contributed by atoms with Crippen LogP contribution in [0, 0.1) is 11.8 Å². The van der Waals surface area contributed by atoms with Crippen molar-refractivity contribution in [3.8, 4) is 0 Å². The zero-order valence-corrected chi connectivity index (χ0v) is 19.1. The maximum Gasteiger partial charge on any atom is 0.312 e. The topological polar surface area (TPSA) is 105 Å². The monoisotopic (exact) mass is 464 g/mol. The van der Waals surface area contributed by atoms with Crippen LogP contribution in [0.4, 0.5) is 5.69 Å². The predicted octanol–water partition coefficient (Wildman–Crippen LogP) is 2.38. The molecule has 3 aliphatic rings. The number of esters is 1. The zero-order chi connectivity index (χ0) is 23.1. The zero-order valence-electron chi connectivity index (χ0n) is 18.3. The highest BCUT2D eigenvalue weighted by Gasteiger charge is 2.78. The molecule has 1 spiro atoms. The van der Waals surface area contributed by atoms with Crippen LogP contribution in [0.1, 0.15) is 39.5 Å². The van der Waals surface area contributed by atoms with Gasteiger partial charge in [0, 0.05) is 23.9 Å². The van der Waals surface area contributed by atoms with Crippen molar-refractivity contribution in [3.63, 3.8) is 0 Å². The van der Waals surface area contributed by atoms with Gasteiger partial charge in [-0.1, -0.05) is 11.6 Å². The number of hydrogen-bond donors (Lipinski definition) is 2. The maximum atomic E-state index is 13.6. The van der Waals surface area contributed by atoms with Gasteiger partial charge in [-0.2, -0.15) is 0 Å². The molecule has 2 N–H and O–H groups in total. The highest BCUT2D eigenvalue weighted by Crippen LogP contribution is 2.63. The third-order valence-corrected chi connectivity index (χ3v) is 7.24. The molecule has 4 rings (SSSR count). The molecule has 9 heteroatoms. The number of benzene rings is 1. The Morgan fingerprint density at radius 1 is 1.28 bits per heavy atom. The van der Waals surface area contributed by atoms with E-state index in [0.717, 1.165) is 0 Å². The average molecular weight is 465 g/mol. The summed E-state index contributed by atoms with van der Waals surface area (Å²) in [5.41, 5.74) is -1.37. The number of carbonyl (C=O) groups is 3. The number of rotatable bonds is 8. The second-order valence-electron chi connectivity index (χ2n) is 8.94. The lowest BCUT2D eigenvalue weighted by Gasteiger charge is -2.33. The number of ether oxygens (including phenoxy) is 2. The molecule has 5 atom stereocenters. The summed E-state index contributed by atoms with van der Waals surface area (Å²) in [5.74, 6) is -2.60. The fourth-order valence-electron chi connectivity index (χ4n) is 5.69. The number of fused-ring (bicyclic) bond motifs is 1. The van der Waals surface area contributed by atoms with Crippen LogP contribution in [-0.2, 0) is 23.9 Å². The van der Waals surface area contributed by atoms with E-state index in [1.165, 1.54) is 4.90 Å². The van der Waals surface area contributed by atoms with Gasteiger partial charge < -0.3 is 24.8 Å². The summed E-state index contributed by atoms with van der Waals surface area (Å²) in [6.45, 7) is 4.06. The van der Waals surface area contributed by atoms with Crippen LogP contribution in [0.5, 0.6) is 0 Å². The minimum Gasteiger partial charge on any atom is -0.466 e. The van der Waals surface area contributed by atoms with Crippen LogP contribution in [0.2, 0.25) is 5.02 Å². The van der Waals surface area contributed by atoms with Gasteiger partial charge >= 0.3 is 5.97 Å². The van der Waals surface area contributed by atoms with E-state index in [2.05, 4.69) is 5.32 Å². The number of aliphatic hydroxyl groups excluding tert-OH is 1. The summed E-state index contributed by atoms with van der Waals surface area (Å²) >= 11 is 5.95. The summed E-state index contributed by atoms with van der Waals surface area (Å²) in [4.78, 5) is 41.6. The van der Waals surface area contributed by atoms with E-state index in [1.54, 1.807) is 31.2 Å². The van der Waals surface area contributed by atoms with Crippen molar-refractivity contribution in [1.29, 1.82) is 0 Å². The number of carbonyl (C=O) groups excluding carboxylic acids is 3. The highest BCUT2D eigenvalue weighted by molar-refractivity contribution is 6.30. The number of likely N-dealkylation sites (tertiary alicyclic amines) is 1. The van der Waals surface area contributed by atoms with Crippen LogP contribution in [-0.4, -0.2) is 64.8 Å². The molecule has 3 aliphatic heterocycles. The minimum atomic E-state index is -1.08. The first-order chi connectivity index (χ1) is 15.3. The number of unbranched alkanes of at least 4 members (excludes halogenated alkanes) is 1. The highest BCUT2D eigenvalue weighted by atomic mass is 35.5. The molecule has 1 aromatic carbocycles. The largest absolute Gasteiger partial charge is 0.466 e. The standard InChI is InChI=1S/C23H29ClN2O6/c1-3-31-21(30)17-16-20(29)26(12-4-5-13-27)18(23(16)11-10-22(17,2)32-23)19(28)25-15-8-6-14(24)7-9-15/h6-9,16-18,27H,3-5,10-13H2,1-2H3,(H,25,28)/t16-,17+,18?,22-,23?/m0/s1. The molecule has 8 nitrogen and oxygen atoms in total. The fraction of sp³-hybridized carbons (Fsp3) is 0.609. The van der Waals surface area contributed by atoms with Crippen LogP contribution in [0.3, 0.4) is 0 Å². The first kappa shape index (κ1) is 23.0. The Labute approximate surface area is 192 Å². The van der Waals surface area contributed by atoms with E-state index < -0.39 is 35.0 Å². The number of amides is 2. The molecule has 0 aliphatic carbocycles. The SMILES string of the molecule is CCOC(=O)[C@H]1[C@H]2C(=O)N(CCCCO)C(C(=O)Nc3ccc(Cl)cc3)C23CC[C@]1(C)O3. The van der Waals surface area contributed by atoms with Gasteiger partial charge in [0.2, 0.25) is 11.8 Å². The van der Waals surface area contributed by atoms with E-state index >= 15 is 0 Å². The van der Waals surface area contributed by atoms with Gasteiger partial charge in [0.05, 0.1) is 18.1 Å². The van der Waals surface area contributed by atoms with Gasteiger partial charge in [0.15, 0.2) is 0 Å². The Morgan fingerprint density at radius 3 is 2.66 bits per heavy atom. The van der Waals surface area contributed by atoms with Crippen LogP contribution in [0.25, 0.3) is 0 Å². The van der Waals surface area contributed by atoms with E-state index in [4.69, 9.17) is 21.1 Å². The van der Waals surface area contributed by atoms with Gasteiger partial charge in [-0.25, -0.2) is 0 Å².